The summed E-state index contributed by atoms with van der Waals surface area (Å²) in [6, 6.07) is 8.68. The van der Waals surface area contributed by atoms with Crippen molar-refractivity contribution in [2.75, 3.05) is 5.32 Å². The Morgan fingerprint density at radius 1 is 0.947 bits per heavy atom. The van der Waals surface area contributed by atoms with E-state index >= 15 is 0 Å². The highest BCUT2D eigenvalue weighted by Gasteiger charge is 2.12. The maximum Gasteiger partial charge on any atom is 0.223 e. The van der Waals surface area contributed by atoms with Gasteiger partial charge >= 0.3 is 0 Å². The van der Waals surface area contributed by atoms with E-state index in [2.05, 4.69) is 21.4 Å². The van der Waals surface area contributed by atoms with Crippen molar-refractivity contribution < 1.29 is 0 Å². The molecule has 3 rings (SSSR count). The molecule has 1 aromatic carbocycles. The Kier molecular flexibility index (Phi) is 3.92. The topological polar surface area (TPSA) is 37.8 Å². The maximum absolute atomic E-state index is 4.60. The van der Waals surface area contributed by atoms with Crippen LogP contribution in [0.5, 0.6) is 0 Å². The number of hydrogen-bond donors (Lipinski definition) is 1. The molecule has 0 amide bonds. The van der Waals surface area contributed by atoms with Crippen LogP contribution in [0.4, 0.5) is 5.95 Å². The van der Waals surface area contributed by atoms with E-state index in [-0.39, 0.29) is 0 Å². The van der Waals surface area contributed by atoms with Crippen molar-refractivity contribution in [1.82, 2.24) is 9.97 Å². The van der Waals surface area contributed by atoms with Crippen molar-refractivity contribution in [2.45, 2.75) is 51.0 Å². The second-order valence-corrected chi connectivity index (χ2v) is 5.44. The lowest BCUT2D eigenvalue weighted by Crippen LogP contribution is -2.21. The van der Waals surface area contributed by atoms with Gasteiger partial charge in [0.15, 0.2) is 0 Å². The Labute approximate surface area is 114 Å². The molecule has 100 valence electrons. The van der Waals surface area contributed by atoms with Gasteiger partial charge in [0.2, 0.25) is 5.95 Å². The zero-order chi connectivity index (χ0) is 12.9. The van der Waals surface area contributed by atoms with Gasteiger partial charge in [-0.25, -0.2) is 9.97 Å². The largest absolute Gasteiger partial charge is 0.351 e. The molecule has 1 aliphatic rings. The number of para-hydroxylation sites is 1. The number of anilines is 1. The number of hydrogen-bond acceptors (Lipinski definition) is 3. The Morgan fingerprint density at radius 3 is 2.53 bits per heavy atom. The highest BCUT2D eigenvalue weighted by molar-refractivity contribution is 5.78. The summed E-state index contributed by atoms with van der Waals surface area (Å²) in [5.74, 6) is 0.782. The average molecular weight is 255 g/mol. The smallest absolute Gasteiger partial charge is 0.223 e. The van der Waals surface area contributed by atoms with E-state index in [1.807, 2.05) is 24.4 Å². The van der Waals surface area contributed by atoms with E-state index in [4.69, 9.17) is 0 Å². The van der Waals surface area contributed by atoms with Crippen LogP contribution in [0.1, 0.15) is 44.9 Å². The van der Waals surface area contributed by atoms with Gasteiger partial charge in [-0.05, 0) is 18.9 Å². The normalized spacial score (nSPS) is 17.9. The van der Waals surface area contributed by atoms with Gasteiger partial charge in [-0.3, -0.25) is 0 Å². The lowest BCUT2D eigenvalue weighted by Gasteiger charge is -2.20. The minimum atomic E-state index is 0.543. The van der Waals surface area contributed by atoms with Crippen LogP contribution in [0.25, 0.3) is 10.9 Å². The zero-order valence-electron chi connectivity index (χ0n) is 11.3. The molecule has 0 unspecified atom stereocenters. The summed E-state index contributed by atoms with van der Waals surface area (Å²) in [6.45, 7) is 0. The third kappa shape index (κ3) is 3.22. The van der Waals surface area contributed by atoms with E-state index in [1.165, 1.54) is 44.9 Å². The molecule has 1 aromatic heterocycles. The number of nitrogens with zero attached hydrogens (tertiary/aromatic N) is 2. The fourth-order valence-electron chi connectivity index (χ4n) is 2.82. The number of fused-ring (bicyclic) bond motifs is 1. The summed E-state index contributed by atoms with van der Waals surface area (Å²) < 4.78 is 0. The van der Waals surface area contributed by atoms with Gasteiger partial charge in [0.25, 0.3) is 0 Å². The highest BCUT2D eigenvalue weighted by atomic mass is 15.1. The van der Waals surface area contributed by atoms with Crippen LogP contribution >= 0.6 is 0 Å². The molecule has 1 fully saturated rings. The first-order valence-corrected chi connectivity index (χ1v) is 7.40. The maximum atomic E-state index is 4.60. The van der Waals surface area contributed by atoms with Gasteiger partial charge in [0.05, 0.1) is 5.52 Å². The van der Waals surface area contributed by atoms with Crippen LogP contribution in [0.3, 0.4) is 0 Å². The van der Waals surface area contributed by atoms with Crippen LogP contribution in [0.2, 0.25) is 0 Å². The molecule has 0 bridgehead atoms. The SMILES string of the molecule is c1ccc2nc(NC3CCCCCCC3)ncc2c1. The van der Waals surface area contributed by atoms with Crippen molar-refractivity contribution >= 4 is 16.9 Å². The molecule has 0 saturated heterocycles. The zero-order valence-corrected chi connectivity index (χ0v) is 11.3. The molecule has 1 N–H and O–H groups in total. The van der Waals surface area contributed by atoms with Crippen LogP contribution in [0, 0.1) is 0 Å². The molecule has 0 spiro atoms. The molecule has 0 radical (unpaired) electrons. The van der Waals surface area contributed by atoms with E-state index in [0.29, 0.717) is 6.04 Å². The third-order valence-corrected chi connectivity index (χ3v) is 3.93. The van der Waals surface area contributed by atoms with E-state index in [9.17, 15) is 0 Å². The number of aromatic nitrogens is 2. The summed E-state index contributed by atoms with van der Waals surface area (Å²) in [5.41, 5.74) is 1.02. The minimum Gasteiger partial charge on any atom is -0.351 e. The summed E-state index contributed by atoms with van der Waals surface area (Å²) in [7, 11) is 0. The lowest BCUT2D eigenvalue weighted by atomic mass is 9.97. The first kappa shape index (κ1) is 12.4. The first-order valence-electron chi connectivity index (χ1n) is 7.40. The van der Waals surface area contributed by atoms with Gasteiger partial charge < -0.3 is 5.32 Å². The second-order valence-electron chi connectivity index (χ2n) is 5.44. The molecule has 0 aliphatic heterocycles. The summed E-state index contributed by atoms with van der Waals surface area (Å²) in [4.78, 5) is 9.03. The van der Waals surface area contributed by atoms with Crippen LogP contribution < -0.4 is 5.32 Å². The fourth-order valence-corrected chi connectivity index (χ4v) is 2.82. The van der Waals surface area contributed by atoms with Crippen molar-refractivity contribution in [3.05, 3.63) is 30.5 Å². The first-order chi connectivity index (χ1) is 9.42. The predicted molar refractivity (Wildman–Crippen MR) is 79.3 cm³/mol. The summed E-state index contributed by atoms with van der Waals surface area (Å²) >= 11 is 0. The molecule has 2 aromatic rings. The number of benzene rings is 1. The van der Waals surface area contributed by atoms with Crippen molar-refractivity contribution in [3.63, 3.8) is 0 Å². The summed E-state index contributed by atoms with van der Waals surface area (Å²) in [6.07, 6.45) is 11.2. The van der Waals surface area contributed by atoms with Gasteiger partial charge in [0.1, 0.15) is 0 Å². The summed E-state index contributed by atoms with van der Waals surface area (Å²) in [5, 5.41) is 4.62. The van der Waals surface area contributed by atoms with Crippen LogP contribution in [-0.4, -0.2) is 16.0 Å². The molecule has 3 heteroatoms. The fraction of sp³-hybridized carbons (Fsp3) is 0.500. The van der Waals surface area contributed by atoms with Gasteiger partial charge in [-0.15, -0.1) is 0 Å². The lowest BCUT2D eigenvalue weighted by molar-refractivity contribution is 0.470. The van der Waals surface area contributed by atoms with Crippen molar-refractivity contribution in [1.29, 1.82) is 0 Å². The van der Waals surface area contributed by atoms with Gasteiger partial charge in [0, 0.05) is 17.6 Å². The quantitative estimate of drug-likeness (QED) is 0.875. The molecule has 1 saturated carbocycles. The molecule has 1 aliphatic carbocycles. The molecular formula is C16H21N3. The van der Waals surface area contributed by atoms with Crippen molar-refractivity contribution in [2.24, 2.45) is 0 Å². The predicted octanol–water partition coefficient (Wildman–Crippen LogP) is 4.15. The van der Waals surface area contributed by atoms with Crippen molar-refractivity contribution in [3.8, 4) is 0 Å². The number of nitrogens with one attached hydrogen (secondary N) is 1. The Bertz CT molecular complexity index is 530. The Balaban J connectivity index is 1.72. The molecular weight excluding hydrogens is 234 g/mol. The monoisotopic (exact) mass is 255 g/mol. The standard InChI is InChI=1S/C16H21N3/c1-2-4-9-14(10-5-3-1)18-16-17-12-13-8-6-7-11-15(13)19-16/h6-8,11-12,14H,1-5,9-10H2,(H,17,18,19). The number of rotatable bonds is 2. The van der Waals surface area contributed by atoms with E-state index in [1.54, 1.807) is 0 Å². The molecule has 3 nitrogen and oxygen atoms in total. The Morgan fingerprint density at radius 2 is 1.68 bits per heavy atom. The third-order valence-electron chi connectivity index (χ3n) is 3.93. The van der Waals surface area contributed by atoms with Gasteiger partial charge in [-0.2, -0.15) is 0 Å². The van der Waals surface area contributed by atoms with E-state index < -0.39 is 0 Å². The molecule has 1 heterocycles. The van der Waals surface area contributed by atoms with Gasteiger partial charge in [-0.1, -0.05) is 50.3 Å². The molecule has 0 atom stereocenters. The van der Waals surface area contributed by atoms with E-state index in [0.717, 1.165) is 16.9 Å². The average Bonchev–Trinajstić information content (AvgIpc) is 2.41. The highest BCUT2D eigenvalue weighted by Crippen LogP contribution is 2.20. The van der Waals surface area contributed by atoms with Crippen LogP contribution in [-0.2, 0) is 0 Å². The Hall–Kier alpha value is -1.64. The minimum absolute atomic E-state index is 0.543. The second kappa shape index (κ2) is 6.00. The van der Waals surface area contributed by atoms with Crippen LogP contribution in [0.15, 0.2) is 30.5 Å². The molecule has 19 heavy (non-hydrogen) atoms.